The van der Waals surface area contributed by atoms with Crippen LogP contribution in [-0.2, 0) is 6.61 Å². The van der Waals surface area contributed by atoms with E-state index in [-0.39, 0.29) is 11.7 Å². The molecule has 0 fully saturated rings. The van der Waals surface area contributed by atoms with Crippen molar-refractivity contribution >= 4 is 52.1 Å². The van der Waals surface area contributed by atoms with E-state index in [0.717, 1.165) is 5.56 Å². The van der Waals surface area contributed by atoms with Crippen molar-refractivity contribution in [1.82, 2.24) is 5.32 Å². The second-order valence-electron chi connectivity index (χ2n) is 5.51. The molecular formula is C19H14Cl2N2O3S. The van der Waals surface area contributed by atoms with Gasteiger partial charge in [-0.3, -0.25) is 10.1 Å². The molecule has 3 N–H and O–H groups in total. The van der Waals surface area contributed by atoms with E-state index in [9.17, 15) is 4.79 Å². The van der Waals surface area contributed by atoms with Crippen LogP contribution in [-0.4, -0.2) is 16.1 Å². The minimum absolute atomic E-state index is 0.0782. The highest BCUT2D eigenvalue weighted by Gasteiger charge is 2.13. The molecule has 8 heteroatoms. The average Bonchev–Trinajstić information content (AvgIpc) is 3.13. The SMILES string of the molecule is O=C(NC(=S)Nc1cc(-c2ccc(CO)o2)ccc1Cl)c1ccccc1Cl. The zero-order valence-electron chi connectivity index (χ0n) is 13.8. The van der Waals surface area contributed by atoms with Crippen molar-refractivity contribution in [2.45, 2.75) is 6.61 Å². The number of furan rings is 1. The second kappa shape index (κ2) is 8.54. The highest BCUT2D eigenvalue weighted by atomic mass is 35.5. The number of rotatable bonds is 4. The van der Waals surface area contributed by atoms with E-state index in [2.05, 4.69) is 10.6 Å². The number of hydrogen-bond donors (Lipinski definition) is 3. The lowest BCUT2D eigenvalue weighted by Gasteiger charge is -2.12. The second-order valence-corrected chi connectivity index (χ2v) is 6.73. The van der Waals surface area contributed by atoms with Crippen LogP contribution in [0.4, 0.5) is 5.69 Å². The summed E-state index contributed by atoms with van der Waals surface area (Å²) in [5.41, 5.74) is 1.55. The highest BCUT2D eigenvalue weighted by Crippen LogP contribution is 2.30. The molecule has 3 aromatic rings. The molecule has 0 spiro atoms. The Bertz CT molecular complexity index is 1000. The van der Waals surface area contributed by atoms with Gasteiger partial charge in [-0.25, -0.2) is 0 Å². The van der Waals surface area contributed by atoms with Crippen LogP contribution in [0.1, 0.15) is 16.1 Å². The molecule has 5 nitrogen and oxygen atoms in total. The van der Waals surface area contributed by atoms with Gasteiger partial charge in [-0.2, -0.15) is 0 Å². The van der Waals surface area contributed by atoms with Gasteiger partial charge in [0.15, 0.2) is 5.11 Å². The predicted molar refractivity (Wildman–Crippen MR) is 110 cm³/mol. The standard InChI is InChI=1S/C19H14Cl2N2O3S/c20-14-4-2-1-3-13(14)18(25)23-19(27)22-16-9-11(5-7-15(16)21)17-8-6-12(10-24)26-17/h1-9,24H,10H2,(H2,22,23,25,27). The molecule has 2 aromatic carbocycles. The van der Waals surface area contributed by atoms with Gasteiger partial charge in [-0.05, 0) is 54.7 Å². The lowest BCUT2D eigenvalue weighted by atomic mass is 10.1. The Labute approximate surface area is 170 Å². The quantitative estimate of drug-likeness (QED) is 0.524. The van der Waals surface area contributed by atoms with Crippen molar-refractivity contribution in [2.24, 2.45) is 0 Å². The summed E-state index contributed by atoms with van der Waals surface area (Å²) in [6, 6.07) is 15.3. The molecule has 0 bridgehead atoms. The van der Waals surface area contributed by atoms with Crippen LogP contribution >= 0.6 is 35.4 Å². The molecule has 1 aromatic heterocycles. The number of hydrogen-bond acceptors (Lipinski definition) is 4. The fourth-order valence-electron chi connectivity index (χ4n) is 2.36. The maximum absolute atomic E-state index is 12.3. The van der Waals surface area contributed by atoms with Crippen LogP contribution in [0, 0.1) is 0 Å². The Hall–Kier alpha value is -2.38. The molecule has 138 valence electrons. The van der Waals surface area contributed by atoms with Crippen LogP contribution in [0.3, 0.4) is 0 Å². The number of carbonyl (C=O) groups is 1. The molecule has 27 heavy (non-hydrogen) atoms. The fourth-order valence-corrected chi connectivity index (χ4v) is 2.95. The van der Waals surface area contributed by atoms with Crippen LogP contribution in [0.15, 0.2) is 59.0 Å². The van der Waals surface area contributed by atoms with Gasteiger partial charge >= 0.3 is 0 Å². The zero-order chi connectivity index (χ0) is 19.4. The maximum Gasteiger partial charge on any atom is 0.258 e. The molecule has 0 unspecified atom stereocenters. The maximum atomic E-state index is 12.3. The first-order valence-corrected chi connectivity index (χ1v) is 9.00. The van der Waals surface area contributed by atoms with E-state index in [1.165, 1.54) is 0 Å². The monoisotopic (exact) mass is 420 g/mol. The predicted octanol–water partition coefficient (Wildman–Crippen LogP) is 4.87. The fraction of sp³-hybridized carbons (Fsp3) is 0.0526. The van der Waals surface area contributed by atoms with Crippen LogP contribution in [0.5, 0.6) is 0 Å². The van der Waals surface area contributed by atoms with E-state index < -0.39 is 5.91 Å². The molecule has 3 rings (SSSR count). The third-order valence-electron chi connectivity index (χ3n) is 3.66. The largest absolute Gasteiger partial charge is 0.459 e. The summed E-state index contributed by atoms with van der Waals surface area (Å²) in [5, 5.41) is 15.4. The first-order valence-electron chi connectivity index (χ1n) is 7.84. The number of nitrogens with one attached hydrogen (secondary N) is 2. The molecule has 0 aliphatic carbocycles. The normalized spacial score (nSPS) is 10.5. The van der Waals surface area contributed by atoms with Gasteiger partial charge in [0.25, 0.3) is 5.91 Å². The number of halogens is 2. The molecule has 1 amide bonds. The number of amides is 1. The first kappa shape index (κ1) is 19.4. The van der Waals surface area contributed by atoms with Crippen LogP contribution < -0.4 is 10.6 Å². The van der Waals surface area contributed by atoms with Crippen molar-refractivity contribution in [1.29, 1.82) is 0 Å². The molecule has 0 saturated carbocycles. The summed E-state index contributed by atoms with van der Waals surface area (Å²) in [6.07, 6.45) is 0. The molecular weight excluding hydrogens is 407 g/mol. The van der Waals surface area contributed by atoms with Crippen molar-refractivity contribution < 1.29 is 14.3 Å². The molecule has 0 aliphatic rings. The Morgan fingerprint density at radius 2 is 1.85 bits per heavy atom. The van der Waals surface area contributed by atoms with Gasteiger partial charge in [0, 0.05) is 5.56 Å². The lowest BCUT2D eigenvalue weighted by molar-refractivity contribution is 0.0978. The summed E-state index contributed by atoms with van der Waals surface area (Å²) in [4.78, 5) is 12.3. The van der Waals surface area contributed by atoms with Crippen molar-refractivity contribution in [3.8, 4) is 11.3 Å². The van der Waals surface area contributed by atoms with E-state index in [1.807, 2.05) is 0 Å². The Balaban J connectivity index is 1.74. The molecule has 0 atom stereocenters. The molecule has 0 radical (unpaired) electrons. The van der Waals surface area contributed by atoms with Gasteiger partial charge in [-0.15, -0.1) is 0 Å². The average molecular weight is 421 g/mol. The third-order valence-corrected chi connectivity index (χ3v) is 4.53. The summed E-state index contributed by atoms with van der Waals surface area (Å²) >= 11 is 17.4. The van der Waals surface area contributed by atoms with E-state index in [0.29, 0.717) is 32.8 Å². The molecule has 0 saturated heterocycles. The highest BCUT2D eigenvalue weighted by molar-refractivity contribution is 7.80. The van der Waals surface area contributed by atoms with Gasteiger partial charge in [-0.1, -0.05) is 35.3 Å². The van der Waals surface area contributed by atoms with Gasteiger partial charge in [0.2, 0.25) is 0 Å². The minimum atomic E-state index is -0.427. The number of thiocarbonyl (C=S) groups is 1. The van der Waals surface area contributed by atoms with E-state index in [1.54, 1.807) is 54.6 Å². The third kappa shape index (κ3) is 4.67. The Kier molecular flexibility index (Phi) is 6.13. The van der Waals surface area contributed by atoms with Crippen LogP contribution in [0.2, 0.25) is 10.0 Å². The van der Waals surface area contributed by atoms with Gasteiger partial charge < -0.3 is 14.8 Å². The zero-order valence-corrected chi connectivity index (χ0v) is 16.2. The topological polar surface area (TPSA) is 74.5 Å². The van der Waals surface area contributed by atoms with E-state index >= 15 is 0 Å². The first-order chi connectivity index (χ1) is 13.0. The van der Waals surface area contributed by atoms with Gasteiger partial charge in [0.05, 0.1) is 21.3 Å². The Morgan fingerprint density at radius 3 is 2.56 bits per heavy atom. The minimum Gasteiger partial charge on any atom is -0.459 e. The number of benzene rings is 2. The van der Waals surface area contributed by atoms with Crippen molar-refractivity contribution in [3.63, 3.8) is 0 Å². The molecule has 0 aliphatic heterocycles. The van der Waals surface area contributed by atoms with Gasteiger partial charge in [0.1, 0.15) is 18.1 Å². The number of aliphatic hydroxyl groups is 1. The Morgan fingerprint density at radius 1 is 1.07 bits per heavy atom. The smallest absolute Gasteiger partial charge is 0.258 e. The van der Waals surface area contributed by atoms with Crippen molar-refractivity contribution in [3.05, 3.63) is 76.0 Å². The molecule has 1 heterocycles. The summed E-state index contributed by atoms with van der Waals surface area (Å²) in [6.45, 7) is -0.184. The number of aliphatic hydroxyl groups excluding tert-OH is 1. The summed E-state index contributed by atoms with van der Waals surface area (Å²) in [7, 11) is 0. The summed E-state index contributed by atoms with van der Waals surface area (Å²) in [5.74, 6) is 0.603. The summed E-state index contributed by atoms with van der Waals surface area (Å²) < 4.78 is 5.52. The van der Waals surface area contributed by atoms with Crippen molar-refractivity contribution in [2.75, 3.05) is 5.32 Å². The lowest BCUT2D eigenvalue weighted by Crippen LogP contribution is -2.34. The number of carbonyl (C=O) groups excluding carboxylic acids is 1. The number of anilines is 1. The van der Waals surface area contributed by atoms with Crippen LogP contribution in [0.25, 0.3) is 11.3 Å². The van der Waals surface area contributed by atoms with E-state index in [4.69, 9.17) is 44.9 Å².